The molecule has 1 aliphatic heterocycles. The van der Waals surface area contributed by atoms with Gasteiger partial charge in [-0.15, -0.1) is 0 Å². The van der Waals surface area contributed by atoms with E-state index in [4.69, 9.17) is 32.7 Å². The minimum Gasteiger partial charge on any atom is -0.497 e. The third kappa shape index (κ3) is 11.5. The Morgan fingerprint density at radius 1 is 0.887 bits per heavy atom. The molecule has 4 aromatic rings. The van der Waals surface area contributed by atoms with Crippen molar-refractivity contribution in [3.05, 3.63) is 129 Å². The average molecular weight is 886 g/mol. The third-order valence-electron chi connectivity index (χ3n) is 9.88. The molecule has 62 heavy (non-hydrogen) atoms. The van der Waals surface area contributed by atoms with Crippen LogP contribution in [0.1, 0.15) is 57.0 Å². The number of aromatic nitrogens is 2. The number of ether oxygens (including phenoxy) is 5. The van der Waals surface area contributed by atoms with Crippen LogP contribution in [0.15, 0.2) is 101 Å². The molecule has 2 N–H and O–H groups in total. The Labute approximate surface area is 358 Å². The zero-order valence-electron chi connectivity index (χ0n) is 35.2. The number of aromatic amines is 1. The summed E-state index contributed by atoms with van der Waals surface area (Å²) in [6.07, 6.45) is -8.83. The van der Waals surface area contributed by atoms with E-state index in [9.17, 15) is 32.8 Å². The molecule has 2 heterocycles. The minimum atomic E-state index is -5.14. The molecule has 0 saturated carbocycles. The van der Waals surface area contributed by atoms with Crippen molar-refractivity contribution in [1.29, 1.82) is 5.26 Å². The fourth-order valence-corrected chi connectivity index (χ4v) is 8.91. The van der Waals surface area contributed by atoms with E-state index in [1.165, 1.54) is 6.20 Å². The van der Waals surface area contributed by atoms with Gasteiger partial charge in [-0.3, -0.25) is 19.1 Å². The number of nitrogens with one attached hydrogen (secondary N) is 2. The Morgan fingerprint density at radius 2 is 1.47 bits per heavy atom. The van der Waals surface area contributed by atoms with Gasteiger partial charge < -0.3 is 38.0 Å². The summed E-state index contributed by atoms with van der Waals surface area (Å²) in [6.45, 7) is 6.45. The molecule has 334 valence electrons. The third-order valence-corrected chi connectivity index (χ3v) is 12.0. The zero-order chi connectivity index (χ0) is 45.0. The number of benzene rings is 3. The van der Waals surface area contributed by atoms with Crippen LogP contribution in [0.2, 0.25) is 0 Å². The first-order valence-electron chi connectivity index (χ1n) is 19.8. The number of carbonyl (C=O) groups is 1. The SMILES string of the molecule is COc1ccc(C(OC[C@H]2O[C@@H](n3ccc(=O)[nH]c3=O)[C@H](OCCNC(=O)C(F)(F)F)[C@@H]2OP(OCCC#N)N(C(C)C)C(C)C)(c2ccccc2)c2ccc(OC)cc2)cc1. The molecular formula is C43H51F3N5O10P. The maximum Gasteiger partial charge on any atom is 0.471 e. The molecule has 1 aromatic heterocycles. The van der Waals surface area contributed by atoms with Crippen molar-refractivity contribution in [1.82, 2.24) is 19.5 Å². The van der Waals surface area contributed by atoms with Crippen molar-refractivity contribution in [3.8, 4) is 17.6 Å². The average Bonchev–Trinajstić information content (AvgIpc) is 3.58. The number of nitriles is 1. The molecule has 0 bridgehead atoms. The molecule has 3 aromatic carbocycles. The van der Waals surface area contributed by atoms with Crippen molar-refractivity contribution in [2.45, 2.75) is 82.5 Å². The summed E-state index contributed by atoms with van der Waals surface area (Å²) in [5.41, 5.74) is -0.792. The lowest BCUT2D eigenvalue weighted by atomic mass is 9.80. The number of nitrogens with zero attached hydrogens (tertiary/aromatic N) is 3. The van der Waals surface area contributed by atoms with Crippen molar-refractivity contribution in [2.75, 3.05) is 40.6 Å². The van der Waals surface area contributed by atoms with Gasteiger partial charge in [-0.05, 0) is 68.7 Å². The topological polar surface area (TPSA) is 176 Å². The summed E-state index contributed by atoms with van der Waals surface area (Å²) in [5, 5.41) is 11.2. The maximum atomic E-state index is 13.4. The summed E-state index contributed by atoms with van der Waals surface area (Å²) in [5.74, 6) is -0.962. The van der Waals surface area contributed by atoms with Gasteiger partial charge in [-0.1, -0.05) is 54.6 Å². The Hall–Kier alpha value is -5.12. The van der Waals surface area contributed by atoms with Gasteiger partial charge in [0.2, 0.25) is 0 Å². The number of hydrogen-bond donors (Lipinski definition) is 2. The fourth-order valence-electron chi connectivity index (χ4n) is 7.14. The first kappa shape index (κ1) is 47.9. The lowest BCUT2D eigenvalue weighted by Gasteiger charge is -2.39. The zero-order valence-corrected chi connectivity index (χ0v) is 36.1. The standard InChI is InChI=1S/C43H51F3N5O10P/c1-28(2)51(29(3)4)62(59-25-10-22-47)61-37-35(60-39(50-24-21-36(52)49-41(50)54)38(37)57-26-23-48-40(53)43(44,45)46)27-58-42(30-11-8-7-9-12-30,31-13-17-33(55-5)18-14-31)32-15-19-34(56-6)20-16-32/h7-9,11-21,24,28-29,35,37-39H,10,23,25-27H2,1-6H3,(H,48,53)(H,49,52,54)/t35-,37-,38-,39-,62?/m1/s1. The van der Waals surface area contributed by atoms with Crippen LogP contribution in [0.3, 0.4) is 0 Å². The second kappa shape index (κ2) is 21.8. The van der Waals surface area contributed by atoms with Crippen molar-refractivity contribution in [2.24, 2.45) is 0 Å². The van der Waals surface area contributed by atoms with Gasteiger partial charge in [-0.2, -0.15) is 18.4 Å². The summed E-state index contributed by atoms with van der Waals surface area (Å²) in [6, 6.07) is 27.0. The van der Waals surface area contributed by atoms with Gasteiger partial charge in [0.15, 0.2) is 6.23 Å². The number of alkyl halides is 3. The molecule has 1 aliphatic rings. The Bertz CT molecular complexity index is 2150. The van der Waals surface area contributed by atoms with Crippen LogP contribution in [0.5, 0.6) is 11.5 Å². The molecule has 0 spiro atoms. The molecule has 0 radical (unpaired) electrons. The van der Waals surface area contributed by atoms with Crippen LogP contribution < -0.4 is 26.0 Å². The van der Waals surface area contributed by atoms with E-state index in [-0.39, 0.29) is 31.7 Å². The van der Waals surface area contributed by atoms with E-state index in [1.54, 1.807) is 43.8 Å². The number of H-pyrrole nitrogens is 1. The first-order valence-corrected chi connectivity index (χ1v) is 20.9. The summed E-state index contributed by atoms with van der Waals surface area (Å²) in [7, 11) is 1.09. The highest BCUT2D eigenvalue weighted by molar-refractivity contribution is 7.44. The fraction of sp³-hybridized carbons (Fsp3) is 0.442. The molecule has 1 fully saturated rings. The largest absolute Gasteiger partial charge is 0.497 e. The van der Waals surface area contributed by atoms with Crippen molar-refractivity contribution >= 4 is 14.4 Å². The second-order valence-corrected chi connectivity index (χ2v) is 16.0. The van der Waals surface area contributed by atoms with Crippen LogP contribution in [0.4, 0.5) is 13.2 Å². The minimum absolute atomic E-state index is 0.00322. The van der Waals surface area contributed by atoms with Crippen LogP contribution in [-0.2, 0) is 33.7 Å². The lowest BCUT2D eigenvalue weighted by molar-refractivity contribution is -0.174. The quantitative estimate of drug-likeness (QED) is 0.0553. The highest BCUT2D eigenvalue weighted by Gasteiger charge is 2.51. The van der Waals surface area contributed by atoms with Gasteiger partial charge in [-0.25, -0.2) is 9.46 Å². The Morgan fingerprint density at radius 3 is 1.98 bits per heavy atom. The number of carbonyl (C=O) groups excluding carboxylic acids is 1. The number of methoxy groups -OCH3 is 2. The predicted molar refractivity (Wildman–Crippen MR) is 222 cm³/mol. The molecule has 1 amide bonds. The Balaban J connectivity index is 1.67. The van der Waals surface area contributed by atoms with Crippen LogP contribution in [-0.4, -0.2) is 97.3 Å². The monoisotopic (exact) mass is 885 g/mol. The second-order valence-electron chi connectivity index (χ2n) is 14.6. The normalized spacial score (nSPS) is 18.5. The van der Waals surface area contributed by atoms with Gasteiger partial charge in [0.05, 0.1) is 46.5 Å². The van der Waals surface area contributed by atoms with Gasteiger partial charge in [0.1, 0.15) is 35.4 Å². The van der Waals surface area contributed by atoms with Crippen molar-refractivity contribution in [3.63, 3.8) is 0 Å². The highest BCUT2D eigenvalue weighted by Crippen LogP contribution is 2.51. The molecule has 5 rings (SSSR count). The first-order chi connectivity index (χ1) is 29.6. The lowest BCUT2D eigenvalue weighted by Crippen LogP contribution is -2.44. The number of rotatable bonds is 21. The van der Waals surface area contributed by atoms with E-state index in [1.807, 2.05) is 87.0 Å². The predicted octanol–water partition coefficient (Wildman–Crippen LogP) is 6.18. The van der Waals surface area contributed by atoms with Crippen LogP contribution in [0, 0.1) is 11.3 Å². The Kier molecular flexibility index (Phi) is 16.8. The summed E-state index contributed by atoms with van der Waals surface area (Å²) in [4.78, 5) is 39.6. The number of hydrogen-bond acceptors (Lipinski definition) is 12. The molecular weight excluding hydrogens is 834 g/mol. The van der Waals surface area contributed by atoms with Gasteiger partial charge in [0, 0.05) is 30.9 Å². The smallest absolute Gasteiger partial charge is 0.471 e. The van der Waals surface area contributed by atoms with Gasteiger partial charge >= 0.3 is 17.8 Å². The summed E-state index contributed by atoms with van der Waals surface area (Å²) < 4.78 is 86.7. The molecule has 1 saturated heterocycles. The van der Waals surface area contributed by atoms with Crippen LogP contribution >= 0.6 is 8.53 Å². The molecule has 19 heteroatoms. The van der Waals surface area contributed by atoms with Crippen molar-refractivity contribution < 1.29 is 50.7 Å². The van der Waals surface area contributed by atoms with E-state index < -0.39 is 75.2 Å². The molecule has 0 aliphatic carbocycles. The number of halogens is 3. The van der Waals surface area contributed by atoms with E-state index >= 15 is 0 Å². The van der Waals surface area contributed by atoms with E-state index in [0.717, 1.165) is 16.2 Å². The molecule has 15 nitrogen and oxygen atoms in total. The van der Waals surface area contributed by atoms with E-state index in [2.05, 4.69) is 11.1 Å². The van der Waals surface area contributed by atoms with Gasteiger partial charge in [0.25, 0.3) is 14.1 Å². The summed E-state index contributed by atoms with van der Waals surface area (Å²) >= 11 is 0. The highest BCUT2D eigenvalue weighted by atomic mass is 31.2. The molecule has 5 atom stereocenters. The van der Waals surface area contributed by atoms with Crippen LogP contribution in [0.25, 0.3) is 0 Å². The maximum absolute atomic E-state index is 13.4. The number of amides is 1. The van der Waals surface area contributed by atoms with E-state index in [0.29, 0.717) is 22.6 Å². The molecule has 1 unspecified atom stereocenters.